The Balaban J connectivity index is 2.49. The van der Waals surface area contributed by atoms with E-state index in [-0.39, 0.29) is 17.7 Å². The minimum atomic E-state index is -0.190. The molecular weight excluding hydrogens is 216 g/mol. The third-order valence-electron chi connectivity index (χ3n) is 2.54. The number of nitrogens with one attached hydrogen (secondary N) is 1. The van der Waals surface area contributed by atoms with Crippen molar-refractivity contribution < 1.29 is 9.90 Å². The minimum absolute atomic E-state index is 0.00693. The van der Waals surface area contributed by atoms with Crippen molar-refractivity contribution >= 4 is 5.91 Å². The van der Waals surface area contributed by atoms with E-state index in [4.69, 9.17) is 0 Å². The molecule has 0 saturated carbocycles. The van der Waals surface area contributed by atoms with Crippen LogP contribution in [0.2, 0.25) is 0 Å². The molecule has 2 N–H and O–H groups in total. The molecule has 17 heavy (non-hydrogen) atoms. The molecule has 4 nitrogen and oxygen atoms in total. The lowest BCUT2D eigenvalue weighted by Gasteiger charge is -2.14. The third kappa shape index (κ3) is 4.85. The zero-order valence-electron chi connectivity index (χ0n) is 10.6. The second-order valence-electron chi connectivity index (χ2n) is 4.78. The van der Waals surface area contributed by atoms with E-state index in [2.05, 4.69) is 24.1 Å². The summed E-state index contributed by atoms with van der Waals surface area (Å²) in [5, 5.41) is 12.1. The maximum absolute atomic E-state index is 11.8. The molecule has 0 aromatic carbocycles. The van der Waals surface area contributed by atoms with Gasteiger partial charge in [0.15, 0.2) is 0 Å². The molecule has 0 aliphatic carbocycles. The molecule has 4 heteroatoms. The van der Waals surface area contributed by atoms with Crippen LogP contribution in [-0.4, -0.2) is 22.0 Å². The van der Waals surface area contributed by atoms with Gasteiger partial charge in [-0.15, -0.1) is 0 Å². The van der Waals surface area contributed by atoms with Gasteiger partial charge in [0.25, 0.3) is 5.91 Å². The summed E-state index contributed by atoms with van der Waals surface area (Å²) in [6, 6.07) is 1.55. The molecule has 1 unspecified atom stereocenters. The fourth-order valence-corrected chi connectivity index (χ4v) is 1.51. The topological polar surface area (TPSA) is 62.2 Å². The molecule has 0 bridgehead atoms. The molecule has 1 aromatic rings. The first-order valence-electron chi connectivity index (χ1n) is 5.94. The Morgan fingerprint density at radius 2 is 2.06 bits per heavy atom. The van der Waals surface area contributed by atoms with Gasteiger partial charge in [0, 0.05) is 12.2 Å². The molecule has 0 fully saturated rings. The van der Waals surface area contributed by atoms with Crippen LogP contribution < -0.4 is 5.32 Å². The number of hydrogen-bond acceptors (Lipinski definition) is 3. The summed E-state index contributed by atoms with van der Waals surface area (Å²) in [6.45, 7) is 6.30. The standard InChI is InChI=1S/C13H20N2O2/c1-9(2)4-5-10(3)15-13(17)11-6-12(16)8-14-7-11/h6-10,16H,4-5H2,1-3H3,(H,15,17). The summed E-state index contributed by atoms with van der Waals surface area (Å²) in [6.07, 6.45) is 4.79. The van der Waals surface area contributed by atoms with Crippen LogP contribution in [0.4, 0.5) is 0 Å². The molecule has 0 radical (unpaired) electrons. The van der Waals surface area contributed by atoms with Crippen molar-refractivity contribution in [3.05, 3.63) is 24.0 Å². The van der Waals surface area contributed by atoms with Crippen molar-refractivity contribution in [1.29, 1.82) is 0 Å². The predicted octanol–water partition coefficient (Wildman–Crippen LogP) is 2.34. The Hall–Kier alpha value is -1.58. The van der Waals surface area contributed by atoms with Crippen LogP contribution in [0.3, 0.4) is 0 Å². The largest absolute Gasteiger partial charge is 0.506 e. The predicted molar refractivity (Wildman–Crippen MR) is 66.9 cm³/mol. The smallest absolute Gasteiger partial charge is 0.253 e. The molecular formula is C13H20N2O2. The van der Waals surface area contributed by atoms with Gasteiger partial charge in [-0.2, -0.15) is 0 Å². The van der Waals surface area contributed by atoms with Gasteiger partial charge in [0.05, 0.1) is 11.8 Å². The average Bonchev–Trinajstić information content (AvgIpc) is 2.26. The first kappa shape index (κ1) is 13.5. The highest BCUT2D eigenvalue weighted by Gasteiger charge is 2.10. The van der Waals surface area contributed by atoms with Gasteiger partial charge >= 0.3 is 0 Å². The summed E-state index contributed by atoms with van der Waals surface area (Å²) >= 11 is 0. The number of aromatic nitrogens is 1. The fraction of sp³-hybridized carbons (Fsp3) is 0.538. The summed E-state index contributed by atoms with van der Waals surface area (Å²) in [5.74, 6) is 0.453. The van der Waals surface area contributed by atoms with E-state index >= 15 is 0 Å². The van der Waals surface area contributed by atoms with Crippen molar-refractivity contribution in [3.63, 3.8) is 0 Å². The van der Waals surface area contributed by atoms with Gasteiger partial charge in [-0.25, -0.2) is 0 Å². The highest BCUT2D eigenvalue weighted by Crippen LogP contribution is 2.10. The van der Waals surface area contributed by atoms with Crippen molar-refractivity contribution in [1.82, 2.24) is 10.3 Å². The first-order valence-corrected chi connectivity index (χ1v) is 5.94. The summed E-state index contributed by atoms with van der Waals surface area (Å²) in [7, 11) is 0. The van der Waals surface area contributed by atoms with Crippen LogP contribution >= 0.6 is 0 Å². The Morgan fingerprint density at radius 1 is 1.35 bits per heavy atom. The maximum Gasteiger partial charge on any atom is 0.253 e. The van der Waals surface area contributed by atoms with E-state index in [1.807, 2.05) is 6.92 Å². The second-order valence-corrected chi connectivity index (χ2v) is 4.78. The van der Waals surface area contributed by atoms with Gasteiger partial charge in [-0.3, -0.25) is 9.78 Å². The molecule has 1 atom stereocenters. The third-order valence-corrected chi connectivity index (χ3v) is 2.54. The summed E-state index contributed by atoms with van der Waals surface area (Å²) < 4.78 is 0. The lowest BCUT2D eigenvalue weighted by Crippen LogP contribution is -2.32. The van der Waals surface area contributed by atoms with E-state index in [9.17, 15) is 9.90 Å². The van der Waals surface area contributed by atoms with Gasteiger partial charge in [0.1, 0.15) is 5.75 Å². The summed E-state index contributed by atoms with van der Waals surface area (Å²) in [4.78, 5) is 15.6. The van der Waals surface area contributed by atoms with Gasteiger partial charge in [0.2, 0.25) is 0 Å². The highest BCUT2D eigenvalue weighted by atomic mass is 16.3. The monoisotopic (exact) mass is 236 g/mol. The van der Waals surface area contributed by atoms with Crippen molar-refractivity contribution in [2.45, 2.75) is 39.7 Å². The molecule has 94 valence electrons. The van der Waals surface area contributed by atoms with Gasteiger partial charge in [-0.05, 0) is 31.7 Å². The number of nitrogens with zero attached hydrogens (tertiary/aromatic N) is 1. The van der Waals surface area contributed by atoms with Crippen molar-refractivity contribution in [2.24, 2.45) is 5.92 Å². The van der Waals surface area contributed by atoms with Crippen molar-refractivity contribution in [2.75, 3.05) is 0 Å². The van der Waals surface area contributed by atoms with Crippen LogP contribution in [0.15, 0.2) is 18.5 Å². The highest BCUT2D eigenvalue weighted by molar-refractivity contribution is 5.94. The Morgan fingerprint density at radius 3 is 2.65 bits per heavy atom. The van der Waals surface area contributed by atoms with E-state index < -0.39 is 0 Å². The molecule has 1 aromatic heterocycles. The van der Waals surface area contributed by atoms with E-state index in [0.29, 0.717) is 11.5 Å². The number of rotatable bonds is 5. The average molecular weight is 236 g/mol. The van der Waals surface area contributed by atoms with Gasteiger partial charge < -0.3 is 10.4 Å². The fourth-order valence-electron chi connectivity index (χ4n) is 1.51. The van der Waals surface area contributed by atoms with E-state index in [0.717, 1.165) is 12.8 Å². The number of hydrogen-bond donors (Lipinski definition) is 2. The first-order chi connectivity index (χ1) is 7.99. The summed E-state index contributed by atoms with van der Waals surface area (Å²) in [5.41, 5.74) is 0.390. The van der Waals surface area contributed by atoms with Crippen LogP contribution in [0.1, 0.15) is 44.0 Å². The number of carbonyl (C=O) groups excluding carboxylic acids is 1. The molecule has 0 spiro atoms. The minimum Gasteiger partial charge on any atom is -0.506 e. The van der Waals surface area contributed by atoms with Crippen LogP contribution in [0.25, 0.3) is 0 Å². The number of pyridine rings is 1. The molecule has 0 aliphatic rings. The Labute approximate surface area is 102 Å². The Kier molecular flexibility index (Phi) is 4.94. The van der Waals surface area contributed by atoms with Crippen LogP contribution in [-0.2, 0) is 0 Å². The number of aromatic hydroxyl groups is 1. The van der Waals surface area contributed by atoms with Crippen molar-refractivity contribution in [3.8, 4) is 5.75 Å². The second kappa shape index (κ2) is 6.23. The lowest BCUT2D eigenvalue weighted by molar-refractivity contribution is 0.0936. The zero-order chi connectivity index (χ0) is 12.8. The SMILES string of the molecule is CC(C)CCC(C)NC(=O)c1cncc(O)c1. The molecule has 1 heterocycles. The molecule has 1 rings (SSSR count). The zero-order valence-corrected chi connectivity index (χ0v) is 10.6. The van der Waals surface area contributed by atoms with Crippen LogP contribution in [0.5, 0.6) is 5.75 Å². The van der Waals surface area contributed by atoms with E-state index in [1.165, 1.54) is 18.5 Å². The van der Waals surface area contributed by atoms with Crippen LogP contribution in [0, 0.1) is 5.92 Å². The van der Waals surface area contributed by atoms with E-state index in [1.54, 1.807) is 0 Å². The number of carbonyl (C=O) groups is 1. The molecule has 0 aliphatic heterocycles. The molecule has 0 saturated heterocycles. The maximum atomic E-state index is 11.8. The normalized spacial score (nSPS) is 12.5. The quantitative estimate of drug-likeness (QED) is 0.824. The Bertz CT molecular complexity index is 377. The lowest BCUT2D eigenvalue weighted by atomic mass is 10.0. The van der Waals surface area contributed by atoms with Gasteiger partial charge in [-0.1, -0.05) is 13.8 Å². The number of amides is 1. The molecule has 1 amide bonds.